The Bertz CT molecular complexity index is 781. The predicted molar refractivity (Wildman–Crippen MR) is 92.3 cm³/mol. The van der Waals surface area contributed by atoms with Gasteiger partial charge in [-0.3, -0.25) is 4.79 Å². The van der Waals surface area contributed by atoms with Gasteiger partial charge in [-0.1, -0.05) is 29.8 Å². The van der Waals surface area contributed by atoms with E-state index in [2.05, 4.69) is 5.32 Å². The Morgan fingerprint density at radius 1 is 1.24 bits per heavy atom. The van der Waals surface area contributed by atoms with E-state index < -0.39 is 23.8 Å². The zero-order valence-electron chi connectivity index (χ0n) is 13.7. The molecule has 0 aliphatic rings. The SMILES string of the molecule is Cc1ccccc1OCC(=O)OC(C)C(=O)Nc1ccc(F)cc1Cl. The molecule has 132 valence electrons. The van der Waals surface area contributed by atoms with Crippen molar-refractivity contribution in [3.63, 3.8) is 0 Å². The van der Waals surface area contributed by atoms with E-state index in [9.17, 15) is 14.0 Å². The highest BCUT2D eigenvalue weighted by molar-refractivity contribution is 6.33. The van der Waals surface area contributed by atoms with Crippen LogP contribution >= 0.6 is 11.6 Å². The van der Waals surface area contributed by atoms with Crippen LogP contribution in [0.4, 0.5) is 10.1 Å². The van der Waals surface area contributed by atoms with Gasteiger partial charge in [-0.15, -0.1) is 0 Å². The van der Waals surface area contributed by atoms with E-state index in [1.165, 1.54) is 13.0 Å². The van der Waals surface area contributed by atoms with E-state index in [4.69, 9.17) is 21.1 Å². The fourth-order valence-corrected chi connectivity index (χ4v) is 2.18. The van der Waals surface area contributed by atoms with Gasteiger partial charge < -0.3 is 14.8 Å². The summed E-state index contributed by atoms with van der Waals surface area (Å²) in [7, 11) is 0. The topological polar surface area (TPSA) is 64.6 Å². The predicted octanol–water partition coefficient (Wildman–Crippen LogP) is 3.74. The van der Waals surface area contributed by atoms with E-state index in [0.717, 1.165) is 17.7 Å². The van der Waals surface area contributed by atoms with Crippen molar-refractivity contribution in [1.29, 1.82) is 0 Å². The molecule has 2 aromatic rings. The number of rotatable bonds is 6. The Hall–Kier alpha value is -2.60. The lowest BCUT2D eigenvalue weighted by molar-refractivity contribution is -0.155. The molecule has 25 heavy (non-hydrogen) atoms. The second-order valence-electron chi connectivity index (χ2n) is 5.30. The minimum absolute atomic E-state index is 0.0507. The molecule has 1 amide bonds. The fourth-order valence-electron chi connectivity index (χ4n) is 1.96. The van der Waals surface area contributed by atoms with Gasteiger partial charge in [0.2, 0.25) is 0 Å². The van der Waals surface area contributed by atoms with Gasteiger partial charge in [0, 0.05) is 0 Å². The third kappa shape index (κ3) is 5.46. The van der Waals surface area contributed by atoms with E-state index in [1.54, 1.807) is 12.1 Å². The van der Waals surface area contributed by atoms with Crippen molar-refractivity contribution in [1.82, 2.24) is 0 Å². The minimum Gasteiger partial charge on any atom is -0.482 e. The molecule has 5 nitrogen and oxygen atoms in total. The maximum atomic E-state index is 13.0. The number of benzene rings is 2. The van der Waals surface area contributed by atoms with Gasteiger partial charge in [0.05, 0.1) is 10.7 Å². The maximum Gasteiger partial charge on any atom is 0.344 e. The second kappa shape index (κ2) is 8.48. The molecule has 0 aliphatic carbocycles. The monoisotopic (exact) mass is 365 g/mol. The highest BCUT2D eigenvalue weighted by Crippen LogP contribution is 2.22. The second-order valence-corrected chi connectivity index (χ2v) is 5.71. The first-order valence-corrected chi connectivity index (χ1v) is 7.88. The molecule has 0 saturated heterocycles. The molecule has 2 rings (SSSR count). The van der Waals surface area contributed by atoms with Gasteiger partial charge in [0.15, 0.2) is 12.7 Å². The molecule has 0 bridgehead atoms. The number of carbonyl (C=O) groups excluding carboxylic acids is 2. The molecule has 0 aromatic heterocycles. The first kappa shape index (κ1) is 18.7. The summed E-state index contributed by atoms with van der Waals surface area (Å²) in [5.41, 5.74) is 1.11. The van der Waals surface area contributed by atoms with Crippen molar-refractivity contribution in [2.75, 3.05) is 11.9 Å². The average Bonchev–Trinajstić information content (AvgIpc) is 2.56. The summed E-state index contributed by atoms with van der Waals surface area (Å²) in [5.74, 6) is -1.22. The van der Waals surface area contributed by atoms with Gasteiger partial charge in [-0.05, 0) is 43.7 Å². The number of esters is 1. The van der Waals surface area contributed by atoms with Crippen LogP contribution in [0.15, 0.2) is 42.5 Å². The summed E-state index contributed by atoms with van der Waals surface area (Å²) in [6, 6.07) is 10.8. The number of halogens is 2. The number of aryl methyl sites for hydroxylation is 1. The van der Waals surface area contributed by atoms with Crippen LogP contribution in [-0.4, -0.2) is 24.6 Å². The number of amides is 1. The molecule has 0 fully saturated rings. The van der Waals surface area contributed by atoms with Crippen LogP contribution in [0.1, 0.15) is 12.5 Å². The molecule has 0 spiro atoms. The number of hydrogen-bond donors (Lipinski definition) is 1. The van der Waals surface area contributed by atoms with E-state index in [1.807, 2.05) is 19.1 Å². The van der Waals surface area contributed by atoms with Crippen LogP contribution in [0.25, 0.3) is 0 Å². The number of ether oxygens (including phenoxy) is 2. The lowest BCUT2D eigenvalue weighted by Gasteiger charge is -2.15. The molecular weight excluding hydrogens is 349 g/mol. The number of nitrogens with one attached hydrogen (secondary N) is 1. The Labute approximate surface area is 149 Å². The Morgan fingerprint density at radius 3 is 2.64 bits per heavy atom. The summed E-state index contributed by atoms with van der Waals surface area (Å²) >= 11 is 5.83. The number of hydrogen-bond acceptors (Lipinski definition) is 4. The summed E-state index contributed by atoms with van der Waals surface area (Å²) in [6.45, 7) is 2.95. The third-order valence-electron chi connectivity index (χ3n) is 3.31. The first-order chi connectivity index (χ1) is 11.9. The summed E-state index contributed by atoms with van der Waals surface area (Å²) in [4.78, 5) is 23.8. The quantitative estimate of drug-likeness (QED) is 0.792. The molecule has 1 unspecified atom stereocenters. The standard InChI is InChI=1S/C18H17ClFNO4/c1-11-5-3-4-6-16(11)24-10-17(22)25-12(2)18(23)21-15-8-7-13(20)9-14(15)19/h3-9,12H,10H2,1-2H3,(H,21,23). The van der Waals surface area contributed by atoms with Crippen molar-refractivity contribution in [3.05, 3.63) is 58.9 Å². The van der Waals surface area contributed by atoms with Gasteiger partial charge >= 0.3 is 5.97 Å². The van der Waals surface area contributed by atoms with Crippen LogP contribution in [0.2, 0.25) is 5.02 Å². The Kier molecular flexibility index (Phi) is 6.36. The highest BCUT2D eigenvalue weighted by atomic mass is 35.5. The smallest absolute Gasteiger partial charge is 0.344 e. The van der Waals surface area contributed by atoms with Crippen LogP contribution in [0, 0.1) is 12.7 Å². The molecule has 1 atom stereocenters. The number of anilines is 1. The molecule has 0 heterocycles. The van der Waals surface area contributed by atoms with Gasteiger partial charge in [-0.25, -0.2) is 9.18 Å². The molecule has 0 aliphatic heterocycles. The molecule has 1 N–H and O–H groups in total. The maximum absolute atomic E-state index is 13.0. The Balaban J connectivity index is 1.85. The van der Waals surface area contributed by atoms with E-state index >= 15 is 0 Å². The van der Waals surface area contributed by atoms with Gasteiger partial charge in [0.25, 0.3) is 5.91 Å². The molecule has 0 saturated carbocycles. The van der Waals surface area contributed by atoms with Gasteiger partial charge in [-0.2, -0.15) is 0 Å². The lowest BCUT2D eigenvalue weighted by atomic mass is 10.2. The number of para-hydroxylation sites is 1. The normalized spacial score (nSPS) is 11.5. The summed E-state index contributed by atoms with van der Waals surface area (Å²) in [5, 5.41) is 2.52. The summed E-state index contributed by atoms with van der Waals surface area (Å²) in [6.07, 6.45) is -1.06. The van der Waals surface area contributed by atoms with Crippen molar-refractivity contribution >= 4 is 29.2 Å². The van der Waals surface area contributed by atoms with Crippen LogP contribution < -0.4 is 10.1 Å². The first-order valence-electron chi connectivity index (χ1n) is 7.50. The molecule has 2 aromatic carbocycles. The largest absolute Gasteiger partial charge is 0.482 e. The minimum atomic E-state index is -1.06. The van der Waals surface area contributed by atoms with Gasteiger partial charge in [0.1, 0.15) is 11.6 Å². The zero-order valence-corrected chi connectivity index (χ0v) is 14.5. The lowest BCUT2D eigenvalue weighted by Crippen LogP contribution is -2.31. The van der Waals surface area contributed by atoms with Crippen molar-refractivity contribution < 1.29 is 23.5 Å². The van der Waals surface area contributed by atoms with E-state index in [0.29, 0.717) is 5.75 Å². The van der Waals surface area contributed by atoms with Crippen LogP contribution in [0.5, 0.6) is 5.75 Å². The van der Waals surface area contributed by atoms with E-state index in [-0.39, 0.29) is 17.3 Å². The van der Waals surface area contributed by atoms with Crippen LogP contribution in [-0.2, 0) is 14.3 Å². The number of carbonyl (C=O) groups is 2. The highest BCUT2D eigenvalue weighted by Gasteiger charge is 2.19. The van der Waals surface area contributed by atoms with Crippen molar-refractivity contribution in [2.24, 2.45) is 0 Å². The zero-order chi connectivity index (χ0) is 18.4. The van der Waals surface area contributed by atoms with Crippen molar-refractivity contribution in [3.8, 4) is 5.75 Å². The van der Waals surface area contributed by atoms with Crippen LogP contribution in [0.3, 0.4) is 0 Å². The average molecular weight is 366 g/mol. The molecular formula is C18H17ClFNO4. The van der Waals surface area contributed by atoms with Crippen molar-refractivity contribution in [2.45, 2.75) is 20.0 Å². The third-order valence-corrected chi connectivity index (χ3v) is 3.62. The fraction of sp³-hybridized carbons (Fsp3) is 0.222. The summed E-state index contributed by atoms with van der Waals surface area (Å²) < 4.78 is 23.4. The Morgan fingerprint density at radius 2 is 1.96 bits per heavy atom. The molecule has 7 heteroatoms. The molecule has 0 radical (unpaired) electrons.